The van der Waals surface area contributed by atoms with Crippen molar-refractivity contribution in [3.63, 3.8) is 0 Å². The number of oxime groups is 1. The summed E-state index contributed by atoms with van der Waals surface area (Å²) >= 11 is 0. The van der Waals surface area contributed by atoms with Gasteiger partial charge in [-0.05, 0) is 6.92 Å². The molecule has 0 atom stereocenters. The highest BCUT2D eigenvalue weighted by atomic mass is 16.6. The third-order valence-electron chi connectivity index (χ3n) is 1.95. The molecule has 0 bridgehead atoms. The molecular weight excluding hydrogens is 172 g/mol. The predicted molar refractivity (Wildman–Crippen MR) is 43.6 cm³/mol. The molecule has 0 aliphatic carbocycles. The Morgan fingerprint density at radius 2 is 2.31 bits per heavy atom. The van der Waals surface area contributed by atoms with E-state index in [0.29, 0.717) is 24.4 Å². The van der Waals surface area contributed by atoms with E-state index in [1.807, 2.05) is 0 Å². The lowest BCUT2D eigenvalue weighted by Gasteiger charge is -2.11. The van der Waals surface area contributed by atoms with E-state index < -0.39 is 0 Å². The van der Waals surface area contributed by atoms with Gasteiger partial charge in [0.25, 0.3) is 11.8 Å². The van der Waals surface area contributed by atoms with Gasteiger partial charge in [0.15, 0.2) is 5.84 Å². The van der Waals surface area contributed by atoms with E-state index in [-0.39, 0.29) is 11.8 Å². The predicted octanol–water partition coefficient (Wildman–Crippen LogP) is 0.0353. The molecule has 0 aromatic carbocycles. The molecule has 0 N–H and O–H groups in total. The quantitative estimate of drug-likeness (QED) is 0.494. The van der Waals surface area contributed by atoms with E-state index in [0.717, 1.165) is 4.90 Å². The zero-order valence-electron chi connectivity index (χ0n) is 7.11. The molecule has 0 spiro atoms. The maximum atomic E-state index is 11.4. The summed E-state index contributed by atoms with van der Waals surface area (Å²) in [6, 6.07) is 0. The topological polar surface area (TPSA) is 59.0 Å². The lowest BCUT2D eigenvalue weighted by Crippen LogP contribution is -2.36. The van der Waals surface area contributed by atoms with Crippen LogP contribution in [0.3, 0.4) is 0 Å². The van der Waals surface area contributed by atoms with Crippen LogP contribution in [0.2, 0.25) is 0 Å². The monoisotopic (exact) mass is 180 g/mol. The zero-order valence-corrected chi connectivity index (χ0v) is 7.11. The van der Waals surface area contributed by atoms with E-state index in [4.69, 9.17) is 4.84 Å². The smallest absolute Gasteiger partial charge is 0.262 e. The summed E-state index contributed by atoms with van der Waals surface area (Å²) in [5.74, 6) is -0.218. The molecule has 2 amide bonds. The molecular formula is C8H8N2O3. The van der Waals surface area contributed by atoms with Crippen LogP contribution >= 0.6 is 0 Å². The lowest BCUT2D eigenvalue weighted by molar-refractivity contribution is -0.132. The van der Waals surface area contributed by atoms with Crippen molar-refractivity contribution in [2.45, 2.75) is 13.3 Å². The molecule has 0 fully saturated rings. The summed E-state index contributed by atoms with van der Waals surface area (Å²) in [5.41, 5.74) is 0.444. The molecule has 0 saturated carbocycles. The number of nitrogens with zero attached hydrogens (tertiary/aromatic N) is 2. The first-order chi connectivity index (χ1) is 6.20. The minimum Gasteiger partial charge on any atom is -0.394 e. The largest absolute Gasteiger partial charge is 0.394 e. The minimum atomic E-state index is -0.327. The van der Waals surface area contributed by atoms with E-state index >= 15 is 0 Å². The number of imide groups is 1. The van der Waals surface area contributed by atoms with E-state index in [9.17, 15) is 9.59 Å². The van der Waals surface area contributed by atoms with Gasteiger partial charge in [0.05, 0.1) is 0 Å². The van der Waals surface area contributed by atoms with Crippen LogP contribution in [0, 0.1) is 0 Å². The van der Waals surface area contributed by atoms with Crippen molar-refractivity contribution in [2.75, 3.05) is 6.61 Å². The van der Waals surface area contributed by atoms with Crippen molar-refractivity contribution in [2.24, 2.45) is 5.16 Å². The molecule has 2 aliphatic heterocycles. The van der Waals surface area contributed by atoms with Crippen LogP contribution < -0.4 is 0 Å². The molecule has 0 aromatic rings. The standard InChI is InChI=1S/C8H8N2O3/c1-5-4-7(11)10(8(5)12)6-2-3-13-9-6/h4H,2-3H2,1H3. The Hall–Kier alpha value is -1.65. The fraction of sp³-hybridized carbons (Fsp3) is 0.375. The number of carbonyl (C=O) groups is 2. The van der Waals surface area contributed by atoms with Crippen LogP contribution in [0.4, 0.5) is 0 Å². The average Bonchev–Trinajstić information content (AvgIpc) is 2.63. The van der Waals surface area contributed by atoms with Crippen molar-refractivity contribution in [3.05, 3.63) is 11.6 Å². The zero-order chi connectivity index (χ0) is 9.42. The summed E-state index contributed by atoms with van der Waals surface area (Å²) in [5, 5.41) is 3.62. The summed E-state index contributed by atoms with van der Waals surface area (Å²) in [6.07, 6.45) is 1.82. The maximum absolute atomic E-state index is 11.4. The molecule has 2 rings (SSSR count). The first-order valence-corrected chi connectivity index (χ1v) is 3.95. The second-order valence-electron chi connectivity index (χ2n) is 2.90. The first kappa shape index (κ1) is 7.97. The number of carbonyl (C=O) groups excluding carboxylic acids is 2. The molecule has 13 heavy (non-hydrogen) atoms. The highest BCUT2D eigenvalue weighted by molar-refractivity contribution is 6.25. The van der Waals surface area contributed by atoms with Crippen molar-refractivity contribution in [3.8, 4) is 0 Å². The molecule has 5 heteroatoms. The third kappa shape index (κ3) is 1.12. The Kier molecular flexibility index (Phi) is 1.65. The number of hydrogen-bond donors (Lipinski definition) is 0. The van der Waals surface area contributed by atoms with Gasteiger partial charge in [-0.1, -0.05) is 5.16 Å². The highest BCUT2D eigenvalue weighted by Crippen LogP contribution is 2.16. The Morgan fingerprint density at radius 1 is 1.54 bits per heavy atom. The number of rotatable bonds is 0. The van der Waals surface area contributed by atoms with Gasteiger partial charge in [-0.25, -0.2) is 4.90 Å². The fourth-order valence-electron chi connectivity index (χ4n) is 1.29. The van der Waals surface area contributed by atoms with Gasteiger partial charge in [-0.2, -0.15) is 0 Å². The normalized spacial score (nSPS) is 21.8. The Balaban J connectivity index is 2.27. The van der Waals surface area contributed by atoms with Crippen LogP contribution in [0.25, 0.3) is 0 Å². The average molecular weight is 180 g/mol. The maximum Gasteiger partial charge on any atom is 0.262 e. The van der Waals surface area contributed by atoms with Gasteiger partial charge in [0.2, 0.25) is 0 Å². The Morgan fingerprint density at radius 3 is 2.77 bits per heavy atom. The molecule has 2 heterocycles. The van der Waals surface area contributed by atoms with Crippen LogP contribution in [0.5, 0.6) is 0 Å². The number of amides is 2. The van der Waals surface area contributed by atoms with Gasteiger partial charge in [0.1, 0.15) is 6.61 Å². The van der Waals surface area contributed by atoms with Crippen molar-refractivity contribution >= 4 is 17.6 Å². The second kappa shape index (κ2) is 2.69. The Bertz CT molecular complexity index is 343. The lowest BCUT2D eigenvalue weighted by atomic mass is 10.3. The van der Waals surface area contributed by atoms with Crippen LogP contribution in [-0.4, -0.2) is 29.2 Å². The van der Waals surface area contributed by atoms with Crippen molar-refractivity contribution in [1.82, 2.24) is 4.90 Å². The number of hydrogen-bond acceptors (Lipinski definition) is 4. The van der Waals surface area contributed by atoms with Crippen molar-refractivity contribution in [1.29, 1.82) is 0 Å². The number of amidine groups is 1. The minimum absolute atomic E-state index is 0.297. The van der Waals surface area contributed by atoms with E-state index in [1.165, 1.54) is 6.08 Å². The summed E-state index contributed by atoms with van der Waals surface area (Å²) in [7, 11) is 0. The molecule has 0 radical (unpaired) electrons. The fourth-order valence-corrected chi connectivity index (χ4v) is 1.29. The van der Waals surface area contributed by atoms with Gasteiger partial charge >= 0.3 is 0 Å². The summed E-state index contributed by atoms with van der Waals surface area (Å²) in [4.78, 5) is 28.5. The van der Waals surface area contributed by atoms with E-state index in [1.54, 1.807) is 6.92 Å². The molecule has 0 saturated heterocycles. The summed E-state index contributed by atoms with van der Waals surface area (Å²) in [6.45, 7) is 2.04. The van der Waals surface area contributed by atoms with Crippen LogP contribution in [0.1, 0.15) is 13.3 Å². The molecule has 2 aliphatic rings. The van der Waals surface area contributed by atoms with Gasteiger partial charge in [0, 0.05) is 18.1 Å². The third-order valence-corrected chi connectivity index (χ3v) is 1.95. The van der Waals surface area contributed by atoms with Gasteiger partial charge in [-0.3, -0.25) is 9.59 Å². The molecule has 5 nitrogen and oxygen atoms in total. The van der Waals surface area contributed by atoms with Gasteiger partial charge in [-0.15, -0.1) is 0 Å². The Labute approximate surface area is 74.6 Å². The molecule has 0 aromatic heterocycles. The summed E-state index contributed by atoms with van der Waals surface area (Å²) < 4.78 is 0. The second-order valence-corrected chi connectivity index (χ2v) is 2.90. The van der Waals surface area contributed by atoms with Crippen LogP contribution in [-0.2, 0) is 14.4 Å². The van der Waals surface area contributed by atoms with Crippen molar-refractivity contribution < 1.29 is 14.4 Å². The highest BCUT2D eigenvalue weighted by Gasteiger charge is 2.33. The molecule has 0 unspecified atom stereocenters. The first-order valence-electron chi connectivity index (χ1n) is 3.95. The van der Waals surface area contributed by atoms with Gasteiger partial charge < -0.3 is 4.84 Å². The van der Waals surface area contributed by atoms with E-state index in [2.05, 4.69) is 5.16 Å². The van der Waals surface area contributed by atoms with Crippen LogP contribution in [0.15, 0.2) is 16.8 Å². The SMILES string of the molecule is CC1=CC(=O)N(C2=NOCC2)C1=O. The molecule has 68 valence electrons.